The largest absolute Gasteiger partial charge is 0.361 e. The first-order valence-corrected chi connectivity index (χ1v) is 8.89. The van der Waals surface area contributed by atoms with E-state index < -0.39 is 0 Å². The minimum absolute atomic E-state index is 0. The highest BCUT2D eigenvalue weighted by Crippen LogP contribution is 2.31. The lowest BCUT2D eigenvalue weighted by Crippen LogP contribution is -2.20. The summed E-state index contributed by atoms with van der Waals surface area (Å²) < 4.78 is 19.0. The topological polar surface area (TPSA) is 41.1 Å². The molecule has 0 radical (unpaired) electrons. The molecule has 0 saturated heterocycles. The standard InChI is InChI=1S/C22H20FN3O.ClH/c1-2-27-15-26(21-10-11-22-18(13-21)14-24-25-22)20-5-3-4-17(12-20)16-6-8-19(23)9-7-16;/h3-14H,2,15H2,1H3,(H,24,25);1H. The summed E-state index contributed by atoms with van der Waals surface area (Å²) in [7, 11) is 0. The number of fused-ring (bicyclic) bond motifs is 1. The van der Waals surface area contributed by atoms with E-state index in [0.717, 1.165) is 33.4 Å². The summed E-state index contributed by atoms with van der Waals surface area (Å²) in [6, 6.07) is 20.8. The SMILES string of the molecule is CCOCN(c1cccc(-c2ccc(F)cc2)c1)c1ccc2[nH]ncc2c1.Cl. The van der Waals surface area contributed by atoms with E-state index in [1.807, 2.05) is 43.5 Å². The first-order valence-electron chi connectivity index (χ1n) is 8.89. The molecule has 0 atom stereocenters. The average molecular weight is 398 g/mol. The number of nitrogens with zero attached hydrogens (tertiary/aromatic N) is 2. The molecule has 144 valence electrons. The third-order valence-corrected chi connectivity index (χ3v) is 4.50. The Morgan fingerprint density at radius 3 is 2.54 bits per heavy atom. The summed E-state index contributed by atoms with van der Waals surface area (Å²) in [5, 5.41) is 8.11. The number of anilines is 2. The number of halogens is 2. The van der Waals surface area contributed by atoms with E-state index in [9.17, 15) is 4.39 Å². The predicted octanol–water partition coefficient (Wildman–Crippen LogP) is 5.92. The molecule has 0 aliphatic heterocycles. The molecule has 28 heavy (non-hydrogen) atoms. The normalized spacial score (nSPS) is 10.6. The quantitative estimate of drug-likeness (QED) is 0.410. The van der Waals surface area contributed by atoms with Crippen molar-refractivity contribution >= 4 is 34.7 Å². The van der Waals surface area contributed by atoms with Gasteiger partial charge in [0.25, 0.3) is 0 Å². The van der Waals surface area contributed by atoms with Gasteiger partial charge >= 0.3 is 0 Å². The van der Waals surface area contributed by atoms with Gasteiger partial charge < -0.3 is 9.64 Å². The van der Waals surface area contributed by atoms with Crippen LogP contribution in [0.15, 0.2) is 72.9 Å². The summed E-state index contributed by atoms with van der Waals surface area (Å²) in [6.45, 7) is 3.04. The molecule has 0 aliphatic rings. The van der Waals surface area contributed by atoms with E-state index in [0.29, 0.717) is 13.3 Å². The molecule has 6 heteroatoms. The molecule has 1 aromatic heterocycles. The third kappa shape index (κ3) is 4.16. The van der Waals surface area contributed by atoms with Crippen LogP contribution in [0.25, 0.3) is 22.0 Å². The van der Waals surface area contributed by atoms with Crippen LogP contribution in [0.4, 0.5) is 15.8 Å². The van der Waals surface area contributed by atoms with E-state index in [1.165, 1.54) is 12.1 Å². The van der Waals surface area contributed by atoms with Crippen molar-refractivity contribution in [1.29, 1.82) is 0 Å². The van der Waals surface area contributed by atoms with Gasteiger partial charge in [-0.15, -0.1) is 12.4 Å². The smallest absolute Gasteiger partial charge is 0.123 e. The van der Waals surface area contributed by atoms with Crippen LogP contribution < -0.4 is 4.90 Å². The summed E-state index contributed by atoms with van der Waals surface area (Å²) in [4.78, 5) is 2.11. The second-order valence-electron chi connectivity index (χ2n) is 6.25. The lowest BCUT2D eigenvalue weighted by atomic mass is 10.0. The van der Waals surface area contributed by atoms with Crippen molar-refractivity contribution in [2.24, 2.45) is 0 Å². The Balaban J connectivity index is 0.00000225. The van der Waals surface area contributed by atoms with Gasteiger partial charge in [0.1, 0.15) is 12.5 Å². The molecular formula is C22H21ClFN3O. The second-order valence-corrected chi connectivity index (χ2v) is 6.25. The number of H-pyrrole nitrogens is 1. The lowest BCUT2D eigenvalue weighted by molar-refractivity contribution is 0.154. The predicted molar refractivity (Wildman–Crippen MR) is 114 cm³/mol. The van der Waals surface area contributed by atoms with E-state index in [4.69, 9.17) is 4.74 Å². The number of ether oxygens (including phenoxy) is 1. The van der Waals surface area contributed by atoms with E-state index in [1.54, 1.807) is 12.1 Å². The fourth-order valence-corrected chi connectivity index (χ4v) is 3.07. The zero-order valence-electron chi connectivity index (χ0n) is 15.4. The average Bonchev–Trinajstić information content (AvgIpc) is 3.17. The maximum atomic E-state index is 13.2. The molecule has 4 nitrogen and oxygen atoms in total. The number of rotatable bonds is 6. The van der Waals surface area contributed by atoms with E-state index >= 15 is 0 Å². The number of aromatic amines is 1. The minimum Gasteiger partial charge on any atom is -0.361 e. The highest BCUT2D eigenvalue weighted by molar-refractivity contribution is 5.85. The lowest BCUT2D eigenvalue weighted by Gasteiger charge is -2.25. The van der Waals surface area contributed by atoms with Crippen molar-refractivity contribution in [1.82, 2.24) is 10.2 Å². The molecule has 0 bridgehead atoms. The van der Waals surface area contributed by atoms with Crippen molar-refractivity contribution in [2.75, 3.05) is 18.2 Å². The fourth-order valence-electron chi connectivity index (χ4n) is 3.07. The molecule has 0 amide bonds. The maximum Gasteiger partial charge on any atom is 0.123 e. The Bertz CT molecular complexity index is 1050. The Hall–Kier alpha value is -2.89. The molecule has 0 spiro atoms. The van der Waals surface area contributed by atoms with Crippen LogP contribution >= 0.6 is 12.4 Å². The first-order chi connectivity index (χ1) is 13.2. The van der Waals surface area contributed by atoms with Gasteiger partial charge in [-0.3, -0.25) is 5.10 Å². The van der Waals surface area contributed by atoms with Crippen LogP contribution in [-0.2, 0) is 4.74 Å². The highest BCUT2D eigenvalue weighted by Gasteiger charge is 2.12. The van der Waals surface area contributed by atoms with Gasteiger partial charge in [-0.2, -0.15) is 5.10 Å². The summed E-state index contributed by atoms with van der Waals surface area (Å²) >= 11 is 0. The van der Waals surface area contributed by atoms with Crippen molar-refractivity contribution in [3.8, 4) is 11.1 Å². The van der Waals surface area contributed by atoms with Crippen LogP contribution in [0.5, 0.6) is 0 Å². The Kier molecular flexibility index (Phi) is 6.29. The minimum atomic E-state index is -0.235. The Morgan fingerprint density at radius 2 is 1.75 bits per heavy atom. The van der Waals surface area contributed by atoms with Crippen LogP contribution in [0.2, 0.25) is 0 Å². The number of benzene rings is 3. The van der Waals surface area contributed by atoms with Crippen molar-refractivity contribution in [3.63, 3.8) is 0 Å². The molecule has 4 aromatic rings. The molecule has 1 N–H and O–H groups in total. The zero-order valence-corrected chi connectivity index (χ0v) is 16.2. The van der Waals surface area contributed by atoms with Gasteiger partial charge in [-0.05, 0) is 60.5 Å². The number of aromatic nitrogens is 2. The molecular weight excluding hydrogens is 377 g/mol. The number of hydrogen-bond donors (Lipinski definition) is 1. The molecule has 0 saturated carbocycles. The maximum absolute atomic E-state index is 13.2. The van der Waals surface area contributed by atoms with Crippen LogP contribution in [0.1, 0.15) is 6.92 Å². The van der Waals surface area contributed by atoms with Crippen LogP contribution in [-0.4, -0.2) is 23.5 Å². The molecule has 4 rings (SSSR count). The van der Waals surface area contributed by atoms with Gasteiger partial charge in [-0.1, -0.05) is 24.3 Å². The van der Waals surface area contributed by atoms with E-state index in [2.05, 4.69) is 27.2 Å². The third-order valence-electron chi connectivity index (χ3n) is 4.50. The van der Waals surface area contributed by atoms with Crippen LogP contribution in [0, 0.1) is 5.82 Å². The Labute approximate surface area is 169 Å². The van der Waals surface area contributed by atoms with Crippen molar-refractivity contribution in [3.05, 3.63) is 78.7 Å². The van der Waals surface area contributed by atoms with Gasteiger partial charge in [0.2, 0.25) is 0 Å². The second kappa shape index (κ2) is 8.87. The van der Waals surface area contributed by atoms with Crippen molar-refractivity contribution < 1.29 is 9.13 Å². The first kappa shape index (κ1) is 19.9. The number of nitrogens with one attached hydrogen (secondary N) is 1. The van der Waals surface area contributed by atoms with E-state index in [-0.39, 0.29) is 18.2 Å². The fraction of sp³-hybridized carbons (Fsp3) is 0.136. The zero-order chi connectivity index (χ0) is 18.6. The Morgan fingerprint density at radius 1 is 0.964 bits per heavy atom. The highest BCUT2D eigenvalue weighted by atomic mass is 35.5. The summed E-state index contributed by atoms with van der Waals surface area (Å²) in [5.41, 5.74) is 5.02. The molecule has 1 heterocycles. The van der Waals surface area contributed by atoms with Crippen molar-refractivity contribution in [2.45, 2.75) is 6.92 Å². The monoisotopic (exact) mass is 397 g/mol. The van der Waals surface area contributed by atoms with Gasteiger partial charge in [0, 0.05) is 23.4 Å². The van der Waals surface area contributed by atoms with Gasteiger partial charge in [-0.25, -0.2) is 4.39 Å². The summed E-state index contributed by atoms with van der Waals surface area (Å²) in [5.74, 6) is -0.235. The number of hydrogen-bond acceptors (Lipinski definition) is 3. The molecule has 0 fully saturated rings. The van der Waals surface area contributed by atoms with Gasteiger partial charge in [0.05, 0.1) is 11.7 Å². The molecule has 3 aromatic carbocycles. The molecule has 0 unspecified atom stereocenters. The van der Waals surface area contributed by atoms with Crippen LogP contribution in [0.3, 0.4) is 0 Å². The van der Waals surface area contributed by atoms with Gasteiger partial charge in [0.15, 0.2) is 0 Å². The molecule has 0 aliphatic carbocycles. The summed E-state index contributed by atoms with van der Waals surface area (Å²) in [6.07, 6.45) is 1.81.